The number of aromatic nitrogens is 1. The van der Waals surface area contributed by atoms with Gasteiger partial charge < -0.3 is 19.9 Å². The number of benzene rings is 2. The standard InChI is InChI=1S/C30H36ClFN6O4/c1-21(39)38-15-13-37(14-16-38)12-6-10-25(36(2)29(40)34-19-24-9-5-11-26(32)28(24)31)20-42-30(41)35-27-17-22-7-3-4-8-23(22)18-33-27/h3-5,7-9,11,17-18,25H,6,10,12-16,19-20H2,1-2H3,(H,34,40)(H,33,35,41)/t25-/m0/s1. The molecule has 4 amide bonds. The first kappa shape index (κ1) is 31.0. The maximum Gasteiger partial charge on any atom is 0.412 e. The molecule has 0 radical (unpaired) electrons. The summed E-state index contributed by atoms with van der Waals surface area (Å²) in [5, 5.41) is 7.27. The number of hydrogen-bond donors (Lipinski definition) is 2. The summed E-state index contributed by atoms with van der Waals surface area (Å²) >= 11 is 6.03. The summed E-state index contributed by atoms with van der Waals surface area (Å²) in [7, 11) is 1.63. The van der Waals surface area contributed by atoms with E-state index in [0.29, 0.717) is 30.9 Å². The third kappa shape index (κ3) is 8.53. The maximum atomic E-state index is 13.8. The summed E-state index contributed by atoms with van der Waals surface area (Å²) in [5.41, 5.74) is 0.457. The maximum absolute atomic E-state index is 13.8. The zero-order chi connectivity index (χ0) is 30.1. The number of piperazine rings is 1. The van der Waals surface area contributed by atoms with Crippen LogP contribution in [-0.2, 0) is 16.1 Å². The van der Waals surface area contributed by atoms with E-state index in [0.717, 1.165) is 36.8 Å². The number of carbonyl (C=O) groups excluding carboxylic acids is 3. The number of nitrogens with one attached hydrogen (secondary N) is 2. The number of fused-ring (bicyclic) bond motifs is 1. The summed E-state index contributed by atoms with van der Waals surface area (Å²) < 4.78 is 19.3. The summed E-state index contributed by atoms with van der Waals surface area (Å²) in [5.74, 6) is -0.117. The average Bonchev–Trinajstić information content (AvgIpc) is 2.99. The lowest BCUT2D eigenvalue weighted by Crippen LogP contribution is -2.49. The Hall–Kier alpha value is -3.96. The molecule has 3 aromatic rings. The Balaban J connectivity index is 1.34. The van der Waals surface area contributed by atoms with Crippen molar-refractivity contribution in [3.8, 4) is 0 Å². The highest BCUT2D eigenvalue weighted by Gasteiger charge is 2.24. The van der Waals surface area contributed by atoms with Gasteiger partial charge in [-0.2, -0.15) is 0 Å². The van der Waals surface area contributed by atoms with Crippen molar-refractivity contribution in [1.82, 2.24) is 25.0 Å². The molecule has 2 aromatic carbocycles. The van der Waals surface area contributed by atoms with Crippen LogP contribution < -0.4 is 10.6 Å². The third-order valence-corrected chi connectivity index (χ3v) is 7.85. The van der Waals surface area contributed by atoms with Crippen molar-refractivity contribution in [2.24, 2.45) is 0 Å². The van der Waals surface area contributed by atoms with Gasteiger partial charge in [-0.1, -0.05) is 48.0 Å². The number of anilines is 1. The van der Waals surface area contributed by atoms with Crippen LogP contribution in [0.25, 0.3) is 10.8 Å². The first-order valence-corrected chi connectivity index (χ1v) is 14.3. The molecule has 1 fully saturated rings. The third-order valence-electron chi connectivity index (χ3n) is 7.43. The Morgan fingerprint density at radius 2 is 1.83 bits per heavy atom. The topological polar surface area (TPSA) is 107 Å². The number of ether oxygens (including phenoxy) is 1. The van der Waals surface area contributed by atoms with E-state index in [1.54, 1.807) is 32.3 Å². The van der Waals surface area contributed by atoms with Crippen LogP contribution in [0.2, 0.25) is 5.02 Å². The Bertz CT molecular complexity index is 1400. The Labute approximate surface area is 249 Å². The highest BCUT2D eigenvalue weighted by Crippen LogP contribution is 2.20. The summed E-state index contributed by atoms with van der Waals surface area (Å²) in [6.07, 6.45) is 2.31. The fourth-order valence-corrected chi connectivity index (χ4v) is 5.03. The summed E-state index contributed by atoms with van der Waals surface area (Å²) in [4.78, 5) is 47.2. The number of halogens is 2. The molecule has 42 heavy (non-hydrogen) atoms. The minimum atomic E-state index is -0.677. The second-order valence-corrected chi connectivity index (χ2v) is 10.6. The van der Waals surface area contributed by atoms with Crippen LogP contribution in [0.3, 0.4) is 0 Å². The van der Waals surface area contributed by atoms with Gasteiger partial charge in [-0.05, 0) is 42.5 Å². The molecule has 12 heteroatoms. The van der Waals surface area contributed by atoms with Gasteiger partial charge in [-0.3, -0.25) is 15.0 Å². The van der Waals surface area contributed by atoms with Crippen LogP contribution in [0.5, 0.6) is 0 Å². The van der Waals surface area contributed by atoms with Crippen molar-refractivity contribution < 1.29 is 23.5 Å². The molecule has 1 aromatic heterocycles. The van der Waals surface area contributed by atoms with E-state index in [9.17, 15) is 18.8 Å². The first-order chi connectivity index (χ1) is 20.2. The molecule has 1 aliphatic heterocycles. The number of pyridine rings is 1. The predicted octanol–water partition coefficient (Wildman–Crippen LogP) is 4.73. The van der Waals surface area contributed by atoms with Crippen LogP contribution in [0.4, 0.5) is 19.8 Å². The molecule has 10 nitrogen and oxygen atoms in total. The van der Waals surface area contributed by atoms with E-state index >= 15 is 0 Å². The van der Waals surface area contributed by atoms with Crippen LogP contribution >= 0.6 is 11.6 Å². The van der Waals surface area contributed by atoms with Gasteiger partial charge in [0.15, 0.2) is 0 Å². The van der Waals surface area contributed by atoms with Crippen LogP contribution in [0.15, 0.2) is 54.7 Å². The molecule has 4 rings (SSSR count). The number of nitrogens with zero attached hydrogens (tertiary/aromatic N) is 4. The highest BCUT2D eigenvalue weighted by molar-refractivity contribution is 6.31. The van der Waals surface area contributed by atoms with Crippen molar-refractivity contribution in [3.63, 3.8) is 0 Å². The number of likely N-dealkylation sites (N-methyl/N-ethyl adjacent to an activating group) is 1. The Kier molecular flexibility index (Phi) is 10.9. The minimum Gasteiger partial charge on any atom is -0.447 e. The van der Waals surface area contributed by atoms with Crippen molar-refractivity contribution in [3.05, 3.63) is 71.1 Å². The lowest BCUT2D eigenvalue weighted by atomic mass is 10.1. The second kappa shape index (κ2) is 14.8. The molecular weight excluding hydrogens is 563 g/mol. The van der Waals surface area contributed by atoms with Gasteiger partial charge in [-0.25, -0.2) is 19.0 Å². The minimum absolute atomic E-state index is 0.0378. The van der Waals surface area contributed by atoms with Crippen LogP contribution in [-0.4, -0.2) is 90.1 Å². The normalized spacial score (nSPS) is 14.3. The number of rotatable bonds is 10. The molecule has 0 aliphatic carbocycles. The van der Waals surface area contributed by atoms with Gasteiger partial charge in [-0.15, -0.1) is 0 Å². The summed E-state index contributed by atoms with van der Waals surface area (Å²) in [6.45, 7) is 5.31. The second-order valence-electron chi connectivity index (χ2n) is 10.3. The fourth-order valence-electron chi connectivity index (χ4n) is 4.84. The predicted molar refractivity (Wildman–Crippen MR) is 160 cm³/mol. The zero-order valence-electron chi connectivity index (χ0n) is 23.8. The molecular formula is C30H36ClFN6O4. The van der Waals surface area contributed by atoms with Gasteiger partial charge >= 0.3 is 12.1 Å². The lowest BCUT2D eigenvalue weighted by molar-refractivity contribution is -0.130. The van der Waals surface area contributed by atoms with Crippen LogP contribution in [0.1, 0.15) is 25.3 Å². The zero-order valence-corrected chi connectivity index (χ0v) is 24.6. The van der Waals surface area contributed by atoms with Crippen molar-refractivity contribution in [2.45, 2.75) is 32.4 Å². The molecule has 1 aliphatic rings. The average molecular weight is 599 g/mol. The largest absolute Gasteiger partial charge is 0.447 e. The quantitative estimate of drug-likeness (QED) is 0.349. The van der Waals surface area contributed by atoms with E-state index in [1.165, 1.54) is 17.0 Å². The van der Waals surface area contributed by atoms with E-state index in [2.05, 4.69) is 20.5 Å². The number of hydrogen-bond acceptors (Lipinski definition) is 6. The van der Waals surface area contributed by atoms with E-state index in [1.807, 2.05) is 29.2 Å². The number of carbonyl (C=O) groups is 3. The Morgan fingerprint density at radius 3 is 2.57 bits per heavy atom. The molecule has 224 valence electrons. The SMILES string of the molecule is CC(=O)N1CCN(CCC[C@@H](COC(=O)Nc2cc3ccccc3cn2)N(C)C(=O)NCc2cccc(F)c2Cl)CC1. The van der Waals surface area contributed by atoms with E-state index in [-0.39, 0.29) is 24.1 Å². The Morgan fingerprint density at radius 1 is 1.10 bits per heavy atom. The fraction of sp³-hybridized carbons (Fsp3) is 0.400. The smallest absolute Gasteiger partial charge is 0.412 e. The monoisotopic (exact) mass is 598 g/mol. The molecule has 0 saturated carbocycles. The van der Waals surface area contributed by atoms with Crippen molar-refractivity contribution >= 4 is 46.2 Å². The molecule has 1 atom stereocenters. The van der Waals surface area contributed by atoms with Gasteiger partial charge in [0.25, 0.3) is 0 Å². The number of amides is 4. The van der Waals surface area contributed by atoms with E-state index < -0.39 is 24.0 Å². The van der Waals surface area contributed by atoms with Gasteiger partial charge in [0.05, 0.1) is 11.1 Å². The number of urea groups is 1. The van der Waals surface area contributed by atoms with Crippen molar-refractivity contribution in [1.29, 1.82) is 0 Å². The molecule has 0 bridgehead atoms. The molecule has 1 saturated heterocycles. The van der Waals surface area contributed by atoms with Crippen molar-refractivity contribution in [2.75, 3.05) is 51.7 Å². The molecule has 2 N–H and O–H groups in total. The van der Waals surface area contributed by atoms with Gasteiger partial charge in [0.1, 0.15) is 18.2 Å². The first-order valence-electron chi connectivity index (χ1n) is 13.9. The van der Waals surface area contributed by atoms with E-state index in [4.69, 9.17) is 16.3 Å². The van der Waals surface area contributed by atoms with Gasteiger partial charge in [0, 0.05) is 58.3 Å². The molecule has 0 spiro atoms. The van der Waals surface area contributed by atoms with Gasteiger partial charge in [0.2, 0.25) is 5.91 Å². The summed E-state index contributed by atoms with van der Waals surface area (Å²) in [6, 6.07) is 13.0. The molecule has 0 unspecified atom stereocenters. The lowest BCUT2D eigenvalue weighted by Gasteiger charge is -2.34. The van der Waals surface area contributed by atoms with Crippen LogP contribution in [0, 0.1) is 5.82 Å². The highest BCUT2D eigenvalue weighted by atomic mass is 35.5. The molecule has 2 heterocycles.